The molecule has 0 bridgehead atoms. The molecule has 1 fully saturated rings. The molecule has 2 N–H and O–H groups in total. The lowest BCUT2D eigenvalue weighted by molar-refractivity contribution is -0.142. The fourth-order valence-electron chi connectivity index (χ4n) is 2.51. The van der Waals surface area contributed by atoms with Crippen molar-refractivity contribution in [3.05, 3.63) is 29.3 Å². The van der Waals surface area contributed by atoms with Gasteiger partial charge in [0.2, 0.25) is 0 Å². The van der Waals surface area contributed by atoms with E-state index in [9.17, 15) is 14.7 Å². The van der Waals surface area contributed by atoms with E-state index in [2.05, 4.69) is 5.32 Å². The number of benzene rings is 1. The average molecular weight is 290 g/mol. The van der Waals surface area contributed by atoms with Crippen LogP contribution in [0.25, 0.3) is 0 Å². The molecule has 0 unspecified atom stereocenters. The average Bonchev–Trinajstić information content (AvgIpc) is 2.92. The van der Waals surface area contributed by atoms with Gasteiger partial charge in [0, 0.05) is 18.8 Å². The molecule has 0 aromatic heterocycles. The second-order valence-corrected chi connectivity index (χ2v) is 5.35. The molecule has 2 amide bonds. The normalized spacial score (nSPS) is 17.9. The molecule has 1 heterocycles. The van der Waals surface area contributed by atoms with Gasteiger partial charge in [0.15, 0.2) is 0 Å². The van der Waals surface area contributed by atoms with Crippen LogP contribution in [0.5, 0.6) is 0 Å². The summed E-state index contributed by atoms with van der Waals surface area (Å²) in [6.07, 6.45) is 1.68. The van der Waals surface area contributed by atoms with Gasteiger partial charge in [0.25, 0.3) is 0 Å². The molecule has 0 aliphatic carbocycles. The van der Waals surface area contributed by atoms with E-state index in [-0.39, 0.29) is 6.54 Å². The minimum atomic E-state index is -0.632. The van der Waals surface area contributed by atoms with Crippen LogP contribution in [-0.4, -0.2) is 41.0 Å². The topological polar surface area (TPSA) is 69.6 Å². The van der Waals surface area contributed by atoms with Crippen molar-refractivity contribution in [2.45, 2.75) is 39.2 Å². The van der Waals surface area contributed by atoms with Gasteiger partial charge in [0.1, 0.15) is 0 Å². The third-order valence-electron chi connectivity index (χ3n) is 3.86. The Bertz CT molecular complexity index is 542. The maximum absolute atomic E-state index is 12.1. The molecule has 1 aromatic carbocycles. The Labute approximate surface area is 125 Å². The Morgan fingerprint density at radius 2 is 2.10 bits per heavy atom. The van der Waals surface area contributed by atoms with E-state index in [0.717, 1.165) is 24.0 Å². The van der Waals surface area contributed by atoms with Crippen LogP contribution in [-0.2, 0) is 22.4 Å². The zero-order valence-corrected chi connectivity index (χ0v) is 12.6. The van der Waals surface area contributed by atoms with E-state index in [1.54, 1.807) is 0 Å². The summed E-state index contributed by atoms with van der Waals surface area (Å²) in [7, 11) is 0. The molecular formula is C16H22N2O3. The van der Waals surface area contributed by atoms with Crippen LogP contribution in [0.15, 0.2) is 18.2 Å². The molecule has 1 saturated heterocycles. The SMILES string of the molecule is CCc1ccc(CC)c(NC(=O)C(=O)N2CC[C@H](O)C2)c1. The summed E-state index contributed by atoms with van der Waals surface area (Å²) in [5.41, 5.74) is 2.83. The predicted octanol–water partition coefficient (Wildman–Crippen LogP) is 1.34. The number of amides is 2. The van der Waals surface area contributed by atoms with Gasteiger partial charge in [-0.1, -0.05) is 26.0 Å². The second kappa shape index (κ2) is 6.72. The molecule has 0 radical (unpaired) electrons. The van der Waals surface area contributed by atoms with Crippen molar-refractivity contribution in [1.82, 2.24) is 4.90 Å². The van der Waals surface area contributed by atoms with Gasteiger partial charge in [-0.25, -0.2) is 0 Å². The summed E-state index contributed by atoms with van der Waals surface area (Å²) in [6.45, 7) is 4.73. The van der Waals surface area contributed by atoms with E-state index < -0.39 is 17.9 Å². The zero-order chi connectivity index (χ0) is 15.4. The summed E-state index contributed by atoms with van der Waals surface area (Å²) in [4.78, 5) is 25.5. The van der Waals surface area contributed by atoms with E-state index in [1.165, 1.54) is 4.90 Å². The lowest BCUT2D eigenvalue weighted by Gasteiger charge is -2.16. The molecule has 21 heavy (non-hydrogen) atoms. The monoisotopic (exact) mass is 290 g/mol. The van der Waals surface area contributed by atoms with Gasteiger partial charge >= 0.3 is 11.8 Å². The van der Waals surface area contributed by atoms with Gasteiger partial charge < -0.3 is 15.3 Å². The Morgan fingerprint density at radius 3 is 2.67 bits per heavy atom. The van der Waals surface area contributed by atoms with Crippen molar-refractivity contribution < 1.29 is 14.7 Å². The molecule has 5 nitrogen and oxygen atoms in total. The number of aliphatic hydroxyl groups is 1. The first kappa shape index (κ1) is 15.5. The minimum absolute atomic E-state index is 0.238. The number of aliphatic hydroxyl groups excluding tert-OH is 1. The third kappa shape index (κ3) is 3.61. The van der Waals surface area contributed by atoms with Crippen LogP contribution < -0.4 is 5.32 Å². The number of anilines is 1. The highest BCUT2D eigenvalue weighted by atomic mass is 16.3. The number of nitrogens with zero attached hydrogens (tertiary/aromatic N) is 1. The Balaban J connectivity index is 2.10. The van der Waals surface area contributed by atoms with Crippen LogP contribution in [0, 0.1) is 0 Å². The third-order valence-corrected chi connectivity index (χ3v) is 3.86. The molecule has 1 aromatic rings. The fraction of sp³-hybridized carbons (Fsp3) is 0.500. The van der Waals surface area contributed by atoms with Crippen molar-refractivity contribution in [3.8, 4) is 0 Å². The molecule has 1 aliphatic rings. The highest BCUT2D eigenvalue weighted by molar-refractivity contribution is 6.39. The van der Waals surface area contributed by atoms with Gasteiger partial charge in [-0.3, -0.25) is 9.59 Å². The highest BCUT2D eigenvalue weighted by Gasteiger charge is 2.29. The number of rotatable bonds is 3. The summed E-state index contributed by atoms with van der Waals surface area (Å²) in [5.74, 6) is -1.21. The summed E-state index contributed by atoms with van der Waals surface area (Å²) >= 11 is 0. The number of hydrogen-bond donors (Lipinski definition) is 2. The molecule has 1 aliphatic heterocycles. The number of carbonyl (C=O) groups excluding carboxylic acids is 2. The van der Waals surface area contributed by atoms with E-state index in [1.807, 2.05) is 32.0 Å². The van der Waals surface area contributed by atoms with Gasteiger partial charge in [-0.05, 0) is 36.5 Å². The molecule has 2 rings (SSSR count). The first-order valence-electron chi connectivity index (χ1n) is 7.45. The number of carbonyl (C=O) groups is 2. The zero-order valence-electron chi connectivity index (χ0n) is 12.6. The first-order valence-corrected chi connectivity index (χ1v) is 7.45. The maximum Gasteiger partial charge on any atom is 0.313 e. The second-order valence-electron chi connectivity index (χ2n) is 5.35. The summed E-state index contributed by atoms with van der Waals surface area (Å²) in [6, 6.07) is 5.94. The Kier molecular flexibility index (Phi) is 4.96. The maximum atomic E-state index is 12.1. The quantitative estimate of drug-likeness (QED) is 0.825. The minimum Gasteiger partial charge on any atom is -0.391 e. The Morgan fingerprint density at radius 1 is 1.33 bits per heavy atom. The number of hydrogen-bond acceptors (Lipinski definition) is 3. The van der Waals surface area contributed by atoms with Crippen LogP contribution in [0.1, 0.15) is 31.4 Å². The lowest BCUT2D eigenvalue weighted by atomic mass is 10.1. The van der Waals surface area contributed by atoms with Crippen LogP contribution in [0.2, 0.25) is 0 Å². The molecule has 1 atom stereocenters. The highest BCUT2D eigenvalue weighted by Crippen LogP contribution is 2.19. The number of aryl methyl sites for hydroxylation is 2. The Hall–Kier alpha value is -1.88. The number of likely N-dealkylation sites (tertiary alicyclic amines) is 1. The molecule has 5 heteroatoms. The lowest BCUT2D eigenvalue weighted by Crippen LogP contribution is -2.38. The van der Waals surface area contributed by atoms with Crippen LogP contribution in [0.4, 0.5) is 5.69 Å². The van der Waals surface area contributed by atoms with Gasteiger partial charge in [0.05, 0.1) is 6.10 Å². The smallest absolute Gasteiger partial charge is 0.313 e. The molecule has 0 spiro atoms. The van der Waals surface area contributed by atoms with Crippen molar-refractivity contribution in [2.75, 3.05) is 18.4 Å². The van der Waals surface area contributed by atoms with Crippen molar-refractivity contribution in [2.24, 2.45) is 0 Å². The van der Waals surface area contributed by atoms with Crippen LogP contribution >= 0.6 is 0 Å². The van der Waals surface area contributed by atoms with Crippen LogP contribution in [0.3, 0.4) is 0 Å². The van der Waals surface area contributed by atoms with E-state index in [0.29, 0.717) is 18.7 Å². The van der Waals surface area contributed by atoms with Gasteiger partial charge in [-0.2, -0.15) is 0 Å². The molecule has 114 valence electrons. The summed E-state index contributed by atoms with van der Waals surface area (Å²) in [5, 5.41) is 12.2. The fourth-order valence-corrected chi connectivity index (χ4v) is 2.51. The molecule has 0 saturated carbocycles. The van der Waals surface area contributed by atoms with Crippen molar-refractivity contribution in [3.63, 3.8) is 0 Å². The number of nitrogens with one attached hydrogen (secondary N) is 1. The summed E-state index contributed by atoms with van der Waals surface area (Å²) < 4.78 is 0. The van der Waals surface area contributed by atoms with E-state index in [4.69, 9.17) is 0 Å². The van der Waals surface area contributed by atoms with Gasteiger partial charge in [-0.15, -0.1) is 0 Å². The largest absolute Gasteiger partial charge is 0.391 e. The first-order chi connectivity index (χ1) is 10.0. The molecular weight excluding hydrogens is 268 g/mol. The predicted molar refractivity (Wildman–Crippen MR) is 81.0 cm³/mol. The van der Waals surface area contributed by atoms with E-state index >= 15 is 0 Å². The van der Waals surface area contributed by atoms with Crippen molar-refractivity contribution >= 4 is 17.5 Å². The van der Waals surface area contributed by atoms with Crippen molar-refractivity contribution in [1.29, 1.82) is 0 Å². The number of β-amino-alcohol motifs (C(OH)–C–C–N with tert-alkyl or cyclic N) is 1. The standard InChI is InChI=1S/C16H22N2O3/c1-3-11-5-6-12(4-2)14(9-11)17-15(20)16(21)18-8-7-13(19)10-18/h5-6,9,13,19H,3-4,7-8,10H2,1-2H3,(H,17,20)/t13-/m0/s1.